The summed E-state index contributed by atoms with van der Waals surface area (Å²) >= 11 is 0. The van der Waals surface area contributed by atoms with Gasteiger partial charge in [0.25, 0.3) is 0 Å². The van der Waals surface area contributed by atoms with Crippen molar-refractivity contribution in [2.75, 3.05) is 13.7 Å². The second-order valence-corrected chi connectivity index (χ2v) is 5.22. The Hall–Kier alpha value is -0.0800. The zero-order valence-electron chi connectivity index (χ0n) is 10.8. The van der Waals surface area contributed by atoms with Crippen LogP contribution in [0.4, 0.5) is 0 Å². The number of methoxy groups -OCH3 is 1. The van der Waals surface area contributed by atoms with Crippen molar-refractivity contribution in [1.82, 2.24) is 5.32 Å². The lowest BCUT2D eigenvalue weighted by Gasteiger charge is -2.36. The molecule has 90 valence electrons. The monoisotopic (exact) mass is 213 g/mol. The summed E-state index contributed by atoms with van der Waals surface area (Å²) < 4.78 is 5.11. The maximum absolute atomic E-state index is 5.11. The van der Waals surface area contributed by atoms with Gasteiger partial charge in [0.05, 0.1) is 0 Å². The van der Waals surface area contributed by atoms with E-state index in [-0.39, 0.29) is 0 Å². The Morgan fingerprint density at radius 1 is 1.33 bits per heavy atom. The molecule has 0 heterocycles. The molecule has 1 aliphatic carbocycles. The van der Waals surface area contributed by atoms with Gasteiger partial charge in [0.2, 0.25) is 0 Å². The van der Waals surface area contributed by atoms with E-state index in [9.17, 15) is 0 Å². The summed E-state index contributed by atoms with van der Waals surface area (Å²) in [6.45, 7) is 7.92. The average Bonchev–Trinajstić information content (AvgIpc) is 2.22. The van der Waals surface area contributed by atoms with Gasteiger partial charge in [0.1, 0.15) is 0 Å². The highest BCUT2D eigenvalue weighted by Gasteiger charge is 2.27. The molecule has 0 radical (unpaired) electrons. The fourth-order valence-corrected chi connectivity index (χ4v) is 2.56. The first-order valence-electron chi connectivity index (χ1n) is 6.40. The van der Waals surface area contributed by atoms with Crippen LogP contribution in [0.25, 0.3) is 0 Å². The Balaban J connectivity index is 2.29. The molecule has 2 heteroatoms. The van der Waals surface area contributed by atoms with E-state index < -0.39 is 0 Å². The van der Waals surface area contributed by atoms with Crippen molar-refractivity contribution >= 4 is 0 Å². The Kier molecular flexibility index (Phi) is 5.62. The van der Waals surface area contributed by atoms with E-state index >= 15 is 0 Å². The lowest BCUT2D eigenvalue weighted by atomic mass is 9.78. The summed E-state index contributed by atoms with van der Waals surface area (Å²) in [4.78, 5) is 0. The van der Waals surface area contributed by atoms with Crippen molar-refractivity contribution in [3.63, 3.8) is 0 Å². The first-order chi connectivity index (χ1) is 7.15. The van der Waals surface area contributed by atoms with E-state index in [0.29, 0.717) is 6.04 Å². The number of hydrogen-bond donors (Lipinski definition) is 1. The summed E-state index contributed by atoms with van der Waals surface area (Å²) in [7, 11) is 1.78. The standard InChI is InChI=1S/C13H27NO/c1-10-6-5-7-13(12(10)3)14-11(2)8-9-15-4/h10-14H,5-9H2,1-4H3. The smallest absolute Gasteiger partial charge is 0.0476 e. The molecule has 1 fully saturated rings. The molecule has 1 N–H and O–H groups in total. The van der Waals surface area contributed by atoms with Crippen molar-refractivity contribution in [3.05, 3.63) is 0 Å². The largest absolute Gasteiger partial charge is 0.385 e. The van der Waals surface area contributed by atoms with Crippen molar-refractivity contribution < 1.29 is 4.74 Å². The van der Waals surface area contributed by atoms with E-state index in [0.717, 1.165) is 30.9 Å². The minimum Gasteiger partial charge on any atom is -0.385 e. The van der Waals surface area contributed by atoms with Gasteiger partial charge in [-0.2, -0.15) is 0 Å². The topological polar surface area (TPSA) is 21.3 Å². The van der Waals surface area contributed by atoms with Crippen LogP contribution in [0.3, 0.4) is 0 Å². The third-order valence-corrected chi connectivity index (χ3v) is 3.96. The van der Waals surface area contributed by atoms with Crippen LogP contribution >= 0.6 is 0 Å². The first-order valence-corrected chi connectivity index (χ1v) is 6.40. The molecule has 2 nitrogen and oxygen atoms in total. The first kappa shape index (κ1) is 13.0. The molecule has 1 rings (SSSR count). The maximum Gasteiger partial charge on any atom is 0.0476 e. The number of rotatable bonds is 5. The third-order valence-electron chi connectivity index (χ3n) is 3.96. The lowest BCUT2D eigenvalue weighted by molar-refractivity contribution is 0.162. The molecule has 0 bridgehead atoms. The van der Waals surface area contributed by atoms with Crippen molar-refractivity contribution in [2.24, 2.45) is 11.8 Å². The Morgan fingerprint density at radius 3 is 2.73 bits per heavy atom. The minimum atomic E-state index is 0.586. The Bertz CT molecular complexity index is 172. The summed E-state index contributed by atoms with van der Waals surface area (Å²) in [5, 5.41) is 3.75. The third kappa shape index (κ3) is 4.12. The summed E-state index contributed by atoms with van der Waals surface area (Å²) in [5.41, 5.74) is 0. The molecule has 0 aromatic rings. The molecule has 0 spiro atoms. The predicted molar refractivity (Wildman–Crippen MR) is 65.1 cm³/mol. The quantitative estimate of drug-likeness (QED) is 0.758. The van der Waals surface area contributed by atoms with E-state index in [4.69, 9.17) is 4.74 Å². The van der Waals surface area contributed by atoms with Crippen LogP contribution in [0.2, 0.25) is 0 Å². The van der Waals surface area contributed by atoms with Crippen LogP contribution in [0.15, 0.2) is 0 Å². The van der Waals surface area contributed by atoms with Crippen LogP contribution in [0.1, 0.15) is 46.5 Å². The van der Waals surface area contributed by atoms with E-state index in [1.165, 1.54) is 19.3 Å². The Morgan fingerprint density at radius 2 is 2.07 bits per heavy atom. The van der Waals surface area contributed by atoms with Crippen LogP contribution in [-0.2, 0) is 4.74 Å². The van der Waals surface area contributed by atoms with Crippen molar-refractivity contribution in [1.29, 1.82) is 0 Å². The molecular weight excluding hydrogens is 186 g/mol. The van der Waals surface area contributed by atoms with Crippen molar-refractivity contribution in [3.8, 4) is 0 Å². The van der Waals surface area contributed by atoms with Gasteiger partial charge >= 0.3 is 0 Å². The van der Waals surface area contributed by atoms with Gasteiger partial charge in [-0.25, -0.2) is 0 Å². The van der Waals surface area contributed by atoms with Gasteiger partial charge in [-0.15, -0.1) is 0 Å². The van der Waals surface area contributed by atoms with E-state index in [1.807, 2.05) is 0 Å². The van der Waals surface area contributed by atoms with Gasteiger partial charge < -0.3 is 10.1 Å². The van der Waals surface area contributed by atoms with E-state index in [2.05, 4.69) is 26.1 Å². The van der Waals surface area contributed by atoms with Gasteiger partial charge in [-0.1, -0.05) is 26.7 Å². The predicted octanol–water partition coefficient (Wildman–Crippen LogP) is 2.83. The highest BCUT2D eigenvalue weighted by atomic mass is 16.5. The number of ether oxygens (including phenoxy) is 1. The fraction of sp³-hybridized carbons (Fsp3) is 1.00. The highest BCUT2D eigenvalue weighted by molar-refractivity contribution is 4.83. The maximum atomic E-state index is 5.11. The zero-order valence-corrected chi connectivity index (χ0v) is 10.8. The summed E-state index contributed by atoms with van der Waals surface area (Å²) in [5.74, 6) is 1.70. The highest BCUT2D eigenvalue weighted by Crippen LogP contribution is 2.29. The minimum absolute atomic E-state index is 0.586. The molecule has 0 amide bonds. The molecule has 4 atom stereocenters. The average molecular weight is 213 g/mol. The molecule has 4 unspecified atom stereocenters. The molecule has 0 saturated heterocycles. The SMILES string of the molecule is COCCC(C)NC1CCCC(C)C1C. The van der Waals surface area contributed by atoms with Gasteiger partial charge in [0, 0.05) is 25.8 Å². The van der Waals surface area contributed by atoms with Gasteiger partial charge in [-0.05, 0) is 31.6 Å². The Labute approximate surface area is 94.8 Å². The second-order valence-electron chi connectivity index (χ2n) is 5.22. The van der Waals surface area contributed by atoms with Gasteiger partial charge in [-0.3, -0.25) is 0 Å². The van der Waals surface area contributed by atoms with Crippen LogP contribution in [0.5, 0.6) is 0 Å². The molecule has 15 heavy (non-hydrogen) atoms. The molecule has 0 aromatic heterocycles. The summed E-state index contributed by atoms with van der Waals surface area (Å²) in [6.07, 6.45) is 5.27. The molecule has 0 aromatic carbocycles. The van der Waals surface area contributed by atoms with Crippen LogP contribution in [0, 0.1) is 11.8 Å². The molecule has 1 saturated carbocycles. The normalized spacial score (nSPS) is 34.0. The number of nitrogens with one attached hydrogen (secondary N) is 1. The zero-order chi connectivity index (χ0) is 11.3. The fourth-order valence-electron chi connectivity index (χ4n) is 2.56. The lowest BCUT2D eigenvalue weighted by Crippen LogP contribution is -2.45. The second kappa shape index (κ2) is 6.49. The number of hydrogen-bond acceptors (Lipinski definition) is 2. The molecule has 1 aliphatic rings. The van der Waals surface area contributed by atoms with Crippen LogP contribution in [-0.4, -0.2) is 25.8 Å². The molecule has 0 aliphatic heterocycles. The van der Waals surface area contributed by atoms with Gasteiger partial charge in [0.15, 0.2) is 0 Å². The van der Waals surface area contributed by atoms with Crippen molar-refractivity contribution in [2.45, 2.75) is 58.5 Å². The molecular formula is C13H27NO. The summed E-state index contributed by atoms with van der Waals surface area (Å²) in [6, 6.07) is 1.31. The van der Waals surface area contributed by atoms with E-state index in [1.54, 1.807) is 7.11 Å². The van der Waals surface area contributed by atoms with Crippen LogP contribution < -0.4 is 5.32 Å².